The van der Waals surface area contributed by atoms with Gasteiger partial charge in [-0.1, -0.05) is 48.9 Å². The molecule has 0 fully saturated rings. The van der Waals surface area contributed by atoms with Crippen LogP contribution in [0.4, 0.5) is 0 Å². The summed E-state index contributed by atoms with van der Waals surface area (Å²) in [5, 5.41) is 2.82. The molecule has 1 unspecified atom stereocenters. The molecule has 2 rings (SSSR count). The van der Waals surface area contributed by atoms with E-state index in [0.29, 0.717) is 6.54 Å². The number of amides is 2. The smallest absolute Gasteiger partial charge is 0.243 e. The number of carbonyl (C=O) groups excluding carboxylic acids is 2. The van der Waals surface area contributed by atoms with Crippen molar-refractivity contribution in [1.29, 1.82) is 0 Å². The van der Waals surface area contributed by atoms with Gasteiger partial charge >= 0.3 is 0 Å². The Kier molecular flexibility index (Phi) is 8.98. The quantitative estimate of drug-likeness (QED) is 0.592. The maximum absolute atomic E-state index is 13.3. The van der Waals surface area contributed by atoms with Crippen molar-refractivity contribution in [3.63, 3.8) is 0 Å². The Hall–Kier alpha value is -2.71. The topological polar surface area (TPSA) is 86.8 Å². The van der Waals surface area contributed by atoms with Crippen molar-refractivity contribution in [2.75, 3.05) is 20.1 Å². The first-order chi connectivity index (χ1) is 15.1. The van der Waals surface area contributed by atoms with Crippen LogP contribution in [0.25, 0.3) is 0 Å². The van der Waals surface area contributed by atoms with Crippen LogP contribution in [0.15, 0.2) is 53.4 Å². The molecule has 2 amide bonds. The largest absolute Gasteiger partial charge is 0.354 e. The molecule has 0 aromatic heterocycles. The number of nitrogens with zero attached hydrogens (tertiary/aromatic N) is 2. The number of aryl methyl sites for hydroxylation is 2. The molecular formula is C24H33N3O4S. The van der Waals surface area contributed by atoms with Crippen LogP contribution in [0.2, 0.25) is 0 Å². The maximum atomic E-state index is 13.3. The van der Waals surface area contributed by atoms with Crippen molar-refractivity contribution in [2.24, 2.45) is 0 Å². The van der Waals surface area contributed by atoms with Crippen molar-refractivity contribution < 1.29 is 18.0 Å². The van der Waals surface area contributed by atoms with E-state index in [9.17, 15) is 18.0 Å². The van der Waals surface area contributed by atoms with Gasteiger partial charge in [-0.15, -0.1) is 0 Å². The summed E-state index contributed by atoms with van der Waals surface area (Å²) < 4.78 is 26.9. The molecule has 32 heavy (non-hydrogen) atoms. The Morgan fingerprint density at radius 1 is 1.03 bits per heavy atom. The molecule has 0 saturated heterocycles. The number of hydrogen-bond donors (Lipinski definition) is 1. The fraction of sp³-hybridized carbons (Fsp3) is 0.417. The van der Waals surface area contributed by atoms with Crippen LogP contribution in [-0.4, -0.2) is 55.6 Å². The molecule has 0 aliphatic carbocycles. The number of likely N-dealkylation sites (N-methyl/N-ethyl adjacent to an activating group) is 1. The van der Waals surface area contributed by atoms with E-state index >= 15 is 0 Å². The minimum Gasteiger partial charge on any atom is -0.354 e. The second kappa shape index (κ2) is 11.2. The lowest BCUT2D eigenvalue weighted by Crippen LogP contribution is -2.50. The molecule has 0 heterocycles. The van der Waals surface area contributed by atoms with E-state index in [4.69, 9.17) is 0 Å². The van der Waals surface area contributed by atoms with E-state index < -0.39 is 22.0 Å². The molecule has 8 heteroatoms. The van der Waals surface area contributed by atoms with Gasteiger partial charge in [-0.05, 0) is 50.5 Å². The molecule has 0 bridgehead atoms. The van der Waals surface area contributed by atoms with Crippen LogP contribution >= 0.6 is 0 Å². The van der Waals surface area contributed by atoms with Crippen molar-refractivity contribution in [1.82, 2.24) is 14.5 Å². The van der Waals surface area contributed by atoms with Crippen molar-refractivity contribution in [2.45, 2.75) is 51.6 Å². The Balaban J connectivity index is 2.27. The van der Waals surface area contributed by atoms with Crippen LogP contribution in [0.1, 0.15) is 37.0 Å². The highest BCUT2D eigenvalue weighted by Gasteiger charge is 2.30. The highest BCUT2D eigenvalue weighted by atomic mass is 32.2. The van der Waals surface area contributed by atoms with Crippen LogP contribution in [0, 0.1) is 13.8 Å². The number of hydrogen-bond acceptors (Lipinski definition) is 4. The third-order valence-electron chi connectivity index (χ3n) is 5.41. The van der Waals surface area contributed by atoms with Gasteiger partial charge in [0, 0.05) is 20.1 Å². The lowest BCUT2D eigenvalue weighted by atomic mass is 10.1. The summed E-state index contributed by atoms with van der Waals surface area (Å²) in [7, 11) is -2.46. The second-order valence-electron chi connectivity index (χ2n) is 7.99. The van der Waals surface area contributed by atoms with E-state index in [1.807, 2.05) is 45.0 Å². The molecule has 7 nitrogen and oxygen atoms in total. The monoisotopic (exact) mass is 459 g/mol. The molecule has 0 saturated carbocycles. The van der Waals surface area contributed by atoms with Gasteiger partial charge in [0.2, 0.25) is 21.8 Å². The molecule has 1 N–H and O–H groups in total. The Bertz CT molecular complexity index is 1040. The second-order valence-corrected chi connectivity index (χ2v) is 10.0. The standard InChI is InChI=1S/C24H33N3O4S/c1-6-15-25-24(29)20(4)27(16-21-10-8-7-9-19(21)3)23(28)17-26(5)32(30,31)22-13-11-18(2)12-14-22/h7-14,20H,6,15-17H2,1-5H3,(H,25,29). The van der Waals surface area contributed by atoms with E-state index in [1.165, 1.54) is 24.1 Å². The lowest BCUT2D eigenvalue weighted by molar-refractivity contribution is -0.140. The number of carbonyl (C=O) groups is 2. The summed E-state index contributed by atoms with van der Waals surface area (Å²) in [4.78, 5) is 27.4. The van der Waals surface area contributed by atoms with Crippen molar-refractivity contribution in [3.8, 4) is 0 Å². The fourth-order valence-electron chi connectivity index (χ4n) is 3.21. The van der Waals surface area contributed by atoms with Gasteiger partial charge in [0.15, 0.2) is 0 Å². The zero-order chi connectivity index (χ0) is 23.9. The van der Waals surface area contributed by atoms with Gasteiger partial charge in [-0.3, -0.25) is 9.59 Å². The Morgan fingerprint density at radius 3 is 2.25 bits per heavy atom. The minimum atomic E-state index is -3.84. The Labute approximate surface area is 191 Å². The normalized spacial score (nSPS) is 12.4. The molecule has 2 aromatic rings. The average Bonchev–Trinajstić information content (AvgIpc) is 2.76. The summed E-state index contributed by atoms with van der Waals surface area (Å²) >= 11 is 0. The van der Waals surface area contributed by atoms with Crippen LogP contribution in [0.5, 0.6) is 0 Å². The molecule has 174 valence electrons. The molecule has 0 aliphatic rings. The first-order valence-electron chi connectivity index (χ1n) is 10.7. The molecule has 1 atom stereocenters. The predicted octanol–water partition coefficient (Wildman–Crippen LogP) is 2.87. The summed E-state index contributed by atoms with van der Waals surface area (Å²) in [5.41, 5.74) is 2.84. The minimum absolute atomic E-state index is 0.123. The summed E-state index contributed by atoms with van der Waals surface area (Å²) in [6, 6.07) is 13.4. The third-order valence-corrected chi connectivity index (χ3v) is 7.22. The highest BCUT2D eigenvalue weighted by Crippen LogP contribution is 2.17. The first kappa shape index (κ1) is 25.5. The number of rotatable bonds is 10. The van der Waals surface area contributed by atoms with Crippen LogP contribution < -0.4 is 5.32 Å². The van der Waals surface area contributed by atoms with Crippen molar-refractivity contribution in [3.05, 3.63) is 65.2 Å². The number of sulfonamides is 1. The van der Waals surface area contributed by atoms with Gasteiger partial charge in [0.25, 0.3) is 0 Å². The first-order valence-corrected chi connectivity index (χ1v) is 12.2. The maximum Gasteiger partial charge on any atom is 0.243 e. The van der Waals surface area contributed by atoms with Crippen LogP contribution in [0.3, 0.4) is 0 Å². The van der Waals surface area contributed by atoms with E-state index in [-0.39, 0.29) is 23.9 Å². The number of nitrogens with one attached hydrogen (secondary N) is 1. The van der Waals surface area contributed by atoms with Gasteiger partial charge in [-0.25, -0.2) is 8.42 Å². The molecule has 0 aliphatic heterocycles. The van der Waals surface area contributed by atoms with E-state index in [0.717, 1.165) is 27.4 Å². The summed E-state index contributed by atoms with van der Waals surface area (Å²) in [6.45, 7) is 7.78. The fourth-order valence-corrected chi connectivity index (χ4v) is 4.33. The zero-order valence-corrected chi connectivity index (χ0v) is 20.3. The van der Waals surface area contributed by atoms with Gasteiger partial charge in [0.1, 0.15) is 6.04 Å². The van der Waals surface area contributed by atoms with Gasteiger partial charge < -0.3 is 10.2 Å². The highest BCUT2D eigenvalue weighted by molar-refractivity contribution is 7.89. The molecular weight excluding hydrogens is 426 g/mol. The van der Waals surface area contributed by atoms with Gasteiger partial charge in [-0.2, -0.15) is 4.31 Å². The SMILES string of the molecule is CCCNC(=O)C(C)N(Cc1ccccc1C)C(=O)CN(C)S(=O)(=O)c1ccc(C)cc1. The van der Waals surface area contributed by atoms with E-state index in [1.54, 1.807) is 19.1 Å². The summed E-state index contributed by atoms with van der Waals surface area (Å²) in [5.74, 6) is -0.705. The molecule has 0 spiro atoms. The summed E-state index contributed by atoms with van der Waals surface area (Å²) in [6.07, 6.45) is 0.779. The zero-order valence-electron chi connectivity index (χ0n) is 19.5. The van der Waals surface area contributed by atoms with Crippen LogP contribution in [-0.2, 0) is 26.2 Å². The Morgan fingerprint density at radius 2 is 1.66 bits per heavy atom. The number of benzene rings is 2. The van der Waals surface area contributed by atoms with Gasteiger partial charge in [0.05, 0.1) is 11.4 Å². The molecule has 2 aromatic carbocycles. The third kappa shape index (κ3) is 6.40. The van der Waals surface area contributed by atoms with E-state index in [2.05, 4.69) is 5.32 Å². The lowest BCUT2D eigenvalue weighted by Gasteiger charge is -2.30. The van der Waals surface area contributed by atoms with Crippen molar-refractivity contribution >= 4 is 21.8 Å². The average molecular weight is 460 g/mol. The molecule has 0 radical (unpaired) electrons. The predicted molar refractivity (Wildman–Crippen MR) is 125 cm³/mol.